The molecule has 3 rings (SSSR count). The molecule has 0 bridgehead atoms. The summed E-state index contributed by atoms with van der Waals surface area (Å²) in [6.45, 7) is 4.87. The van der Waals surface area contributed by atoms with Crippen LogP contribution >= 0.6 is 23.2 Å². The molecule has 0 aliphatic carbocycles. The van der Waals surface area contributed by atoms with Gasteiger partial charge in [0.1, 0.15) is 5.75 Å². The average Bonchev–Trinajstić information content (AvgIpc) is 2.70. The number of amides is 1. The van der Waals surface area contributed by atoms with Crippen molar-refractivity contribution in [2.24, 2.45) is 0 Å². The van der Waals surface area contributed by atoms with Crippen LogP contribution < -0.4 is 10.2 Å². The number of carbonyl (C=O) groups excluding carboxylic acids is 1. The van der Waals surface area contributed by atoms with E-state index in [9.17, 15) is 9.90 Å². The predicted molar refractivity (Wildman–Crippen MR) is 115 cm³/mol. The van der Waals surface area contributed by atoms with Crippen molar-refractivity contribution in [2.45, 2.75) is 0 Å². The van der Waals surface area contributed by atoms with E-state index in [0.717, 1.165) is 38.4 Å². The fourth-order valence-electron chi connectivity index (χ4n) is 3.13. The molecule has 1 amide bonds. The second-order valence-electron chi connectivity index (χ2n) is 6.56. The standard InChI is InChI=1S/C21H23Cl2N3O2/c22-17-7-5-8-18(20(17)23)26-14-12-25(13-15-26)11-4-3-10-24-21(28)16-6-1-2-9-19(16)27/h1-9,27H,10-15H2,(H,24,28)/b4-3+. The number of aromatic hydroxyl groups is 1. The number of benzene rings is 2. The van der Waals surface area contributed by atoms with Gasteiger partial charge in [-0.1, -0.05) is 53.6 Å². The highest BCUT2D eigenvalue weighted by Gasteiger charge is 2.18. The third-order valence-corrected chi connectivity index (χ3v) is 5.51. The summed E-state index contributed by atoms with van der Waals surface area (Å²) in [6.07, 6.45) is 3.98. The summed E-state index contributed by atoms with van der Waals surface area (Å²) < 4.78 is 0. The van der Waals surface area contributed by atoms with Gasteiger partial charge in [0.05, 0.1) is 21.3 Å². The van der Waals surface area contributed by atoms with Gasteiger partial charge in [0, 0.05) is 39.3 Å². The normalized spacial score (nSPS) is 15.1. The Kier molecular flexibility index (Phi) is 7.20. The van der Waals surface area contributed by atoms with Crippen LogP contribution in [0.15, 0.2) is 54.6 Å². The van der Waals surface area contributed by atoms with E-state index in [2.05, 4.69) is 15.1 Å². The first-order valence-electron chi connectivity index (χ1n) is 9.19. The van der Waals surface area contributed by atoms with Crippen LogP contribution in [0.2, 0.25) is 10.0 Å². The number of halogens is 2. The molecule has 1 heterocycles. The molecule has 0 unspecified atom stereocenters. The molecule has 0 aromatic heterocycles. The number of carbonyl (C=O) groups is 1. The van der Waals surface area contributed by atoms with Crippen LogP contribution in [-0.2, 0) is 0 Å². The van der Waals surface area contributed by atoms with Crippen molar-refractivity contribution in [3.05, 3.63) is 70.2 Å². The first kappa shape index (κ1) is 20.5. The minimum absolute atomic E-state index is 0.0124. The topological polar surface area (TPSA) is 55.8 Å². The highest BCUT2D eigenvalue weighted by atomic mass is 35.5. The zero-order chi connectivity index (χ0) is 19.9. The first-order valence-corrected chi connectivity index (χ1v) is 9.94. The van der Waals surface area contributed by atoms with Gasteiger partial charge < -0.3 is 15.3 Å². The fraction of sp³-hybridized carbons (Fsp3) is 0.286. The Bertz CT molecular complexity index is 849. The van der Waals surface area contributed by atoms with E-state index in [4.69, 9.17) is 23.2 Å². The molecule has 5 nitrogen and oxygen atoms in total. The molecule has 2 aromatic carbocycles. The minimum Gasteiger partial charge on any atom is -0.507 e. The summed E-state index contributed by atoms with van der Waals surface area (Å²) >= 11 is 12.4. The molecule has 7 heteroatoms. The second-order valence-corrected chi connectivity index (χ2v) is 7.34. The van der Waals surface area contributed by atoms with Gasteiger partial charge in [-0.3, -0.25) is 9.69 Å². The van der Waals surface area contributed by atoms with Crippen molar-refractivity contribution in [3.63, 3.8) is 0 Å². The molecule has 1 fully saturated rings. The maximum absolute atomic E-state index is 12.0. The van der Waals surface area contributed by atoms with Gasteiger partial charge in [-0.15, -0.1) is 0 Å². The summed E-state index contributed by atoms with van der Waals surface area (Å²) in [6, 6.07) is 12.2. The van der Waals surface area contributed by atoms with Crippen LogP contribution in [0.4, 0.5) is 5.69 Å². The first-order chi connectivity index (χ1) is 13.6. The molecule has 28 heavy (non-hydrogen) atoms. The Morgan fingerprint density at radius 1 is 1.04 bits per heavy atom. The van der Waals surface area contributed by atoms with E-state index in [1.54, 1.807) is 24.3 Å². The van der Waals surface area contributed by atoms with Gasteiger partial charge in [-0.25, -0.2) is 0 Å². The Balaban J connectivity index is 1.40. The largest absolute Gasteiger partial charge is 0.507 e. The van der Waals surface area contributed by atoms with E-state index in [1.165, 1.54) is 6.07 Å². The molecule has 148 valence electrons. The molecule has 0 atom stereocenters. The second kappa shape index (κ2) is 9.82. The number of piperazine rings is 1. The number of para-hydroxylation sites is 1. The highest BCUT2D eigenvalue weighted by molar-refractivity contribution is 6.43. The maximum atomic E-state index is 12.0. The van der Waals surface area contributed by atoms with Crippen molar-refractivity contribution in [1.29, 1.82) is 0 Å². The molecule has 1 aliphatic rings. The highest BCUT2D eigenvalue weighted by Crippen LogP contribution is 2.32. The van der Waals surface area contributed by atoms with E-state index in [-0.39, 0.29) is 17.2 Å². The number of nitrogens with zero attached hydrogens (tertiary/aromatic N) is 2. The van der Waals surface area contributed by atoms with Crippen LogP contribution in [0.25, 0.3) is 0 Å². The monoisotopic (exact) mass is 419 g/mol. The Morgan fingerprint density at radius 3 is 2.54 bits per heavy atom. The van der Waals surface area contributed by atoms with Crippen molar-refractivity contribution >= 4 is 34.8 Å². The minimum atomic E-state index is -0.283. The Morgan fingerprint density at radius 2 is 1.79 bits per heavy atom. The fourth-order valence-corrected chi connectivity index (χ4v) is 3.54. The van der Waals surface area contributed by atoms with Crippen LogP contribution in [0, 0.1) is 0 Å². The summed E-state index contributed by atoms with van der Waals surface area (Å²) in [5.41, 5.74) is 1.27. The zero-order valence-corrected chi connectivity index (χ0v) is 17.0. The number of hydrogen-bond acceptors (Lipinski definition) is 4. The summed E-state index contributed by atoms with van der Waals surface area (Å²) in [7, 11) is 0. The molecular formula is C21H23Cl2N3O2. The van der Waals surface area contributed by atoms with Crippen LogP contribution in [0.1, 0.15) is 10.4 Å². The smallest absolute Gasteiger partial charge is 0.255 e. The van der Waals surface area contributed by atoms with E-state index >= 15 is 0 Å². The van der Waals surface area contributed by atoms with Gasteiger partial charge in [0.25, 0.3) is 5.91 Å². The van der Waals surface area contributed by atoms with Crippen molar-refractivity contribution < 1.29 is 9.90 Å². The molecule has 0 saturated carbocycles. The molecule has 2 N–H and O–H groups in total. The van der Waals surface area contributed by atoms with Gasteiger partial charge >= 0.3 is 0 Å². The number of rotatable bonds is 6. The van der Waals surface area contributed by atoms with Crippen LogP contribution in [0.5, 0.6) is 5.75 Å². The lowest BCUT2D eigenvalue weighted by molar-refractivity contribution is 0.0955. The summed E-state index contributed by atoms with van der Waals surface area (Å²) in [5, 5.41) is 13.7. The number of anilines is 1. The third kappa shape index (κ3) is 5.19. The maximum Gasteiger partial charge on any atom is 0.255 e. The van der Waals surface area contributed by atoms with Crippen molar-refractivity contribution in [2.75, 3.05) is 44.2 Å². The molecule has 0 spiro atoms. The average molecular weight is 420 g/mol. The lowest BCUT2D eigenvalue weighted by Gasteiger charge is -2.36. The van der Waals surface area contributed by atoms with Crippen molar-refractivity contribution in [1.82, 2.24) is 10.2 Å². The van der Waals surface area contributed by atoms with Gasteiger partial charge in [-0.2, -0.15) is 0 Å². The number of phenols is 1. The van der Waals surface area contributed by atoms with Crippen LogP contribution in [-0.4, -0.2) is 55.2 Å². The quantitative estimate of drug-likeness (QED) is 0.698. The Hall–Kier alpha value is -2.21. The lowest BCUT2D eigenvalue weighted by Crippen LogP contribution is -2.46. The third-order valence-electron chi connectivity index (χ3n) is 4.70. The van der Waals surface area contributed by atoms with Crippen molar-refractivity contribution in [3.8, 4) is 5.75 Å². The molecule has 2 aromatic rings. The molecule has 1 saturated heterocycles. The van der Waals surface area contributed by atoms with E-state index in [1.807, 2.05) is 24.3 Å². The lowest BCUT2D eigenvalue weighted by atomic mass is 10.2. The number of nitrogens with one attached hydrogen (secondary N) is 1. The van der Waals surface area contributed by atoms with Gasteiger partial charge in [0.2, 0.25) is 0 Å². The Labute approximate surface area is 175 Å². The predicted octanol–water partition coefficient (Wildman–Crippen LogP) is 3.81. The van der Waals surface area contributed by atoms with Crippen LogP contribution in [0.3, 0.4) is 0 Å². The van der Waals surface area contributed by atoms with E-state index in [0.29, 0.717) is 16.6 Å². The number of hydrogen-bond donors (Lipinski definition) is 2. The molecule has 0 radical (unpaired) electrons. The van der Waals surface area contributed by atoms with Gasteiger partial charge in [0.15, 0.2) is 0 Å². The molecule has 1 aliphatic heterocycles. The number of phenolic OH excluding ortho intramolecular Hbond substituents is 1. The zero-order valence-electron chi connectivity index (χ0n) is 15.4. The summed E-state index contributed by atoms with van der Waals surface area (Å²) in [5.74, 6) is -0.295. The van der Waals surface area contributed by atoms with E-state index < -0.39 is 0 Å². The van der Waals surface area contributed by atoms with Gasteiger partial charge in [-0.05, 0) is 24.3 Å². The summed E-state index contributed by atoms with van der Waals surface area (Å²) in [4.78, 5) is 16.6. The molecular weight excluding hydrogens is 397 g/mol. The SMILES string of the molecule is O=C(NC/C=C/CN1CCN(c2cccc(Cl)c2Cl)CC1)c1ccccc1O.